The highest BCUT2D eigenvalue weighted by Gasteiger charge is 2.11. The van der Waals surface area contributed by atoms with Crippen LogP contribution in [0.25, 0.3) is 10.8 Å². The Morgan fingerprint density at radius 2 is 1.90 bits per heavy atom. The number of nitrogens with one attached hydrogen (secondary N) is 1. The minimum atomic E-state index is -0.0114. The van der Waals surface area contributed by atoms with Crippen LogP contribution in [0.5, 0.6) is 0 Å². The summed E-state index contributed by atoms with van der Waals surface area (Å²) in [6, 6.07) is 14.3. The van der Waals surface area contributed by atoms with Gasteiger partial charge in [-0.05, 0) is 36.1 Å². The van der Waals surface area contributed by atoms with Crippen LogP contribution in [-0.2, 0) is 4.79 Å². The molecular weight excluding hydrogens is 250 g/mol. The van der Waals surface area contributed by atoms with Crippen LogP contribution < -0.4 is 5.32 Å². The van der Waals surface area contributed by atoms with Crippen molar-refractivity contribution in [2.45, 2.75) is 32.2 Å². The van der Waals surface area contributed by atoms with Crippen LogP contribution in [-0.4, -0.2) is 17.6 Å². The molecule has 0 aliphatic heterocycles. The van der Waals surface area contributed by atoms with Crippen molar-refractivity contribution in [3.05, 3.63) is 48.0 Å². The number of hydrogen-bond acceptors (Lipinski definition) is 2. The Morgan fingerprint density at radius 3 is 2.70 bits per heavy atom. The summed E-state index contributed by atoms with van der Waals surface area (Å²) in [5, 5.41) is 14.1. The maximum atomic E-state index is 11.8. The summed E-state index contributed by atoms with van der Waals surface area (Å²) in [5.41, 5.74) is 1.14. The zero-order valence-corrected chi connectivity index (χ0v) is 11.8. The molecule has 0 bridgehead atoms. The second kappa shape index (κ2) is 7.06. The number of benzene rings is 2. The van der Waals surface area contributed by atoms with Crippen molar-refractivity contribution in [3.63, 3.8) is 0 Å². The highest BCUT2D eigenvalue weighted by Crippen LogP contribution is 2.24. The van der Waals surface area contributed by atoms with Gasteiger partial charge in [0.05, 0.1) is 6.04 Å². The van der Waals surface area contributed by atoms with Gasteiger partial charge in [-0.1, -0.05) is 42.5 Å². The molecule has 1 unspecified atom stereocenters. The van der Waals surface area contributed by atoms with Crippen molar-refractivity contribution >= 4 is 16.7 Å². The van der Waals surface area contributed by atoms with E-state index in [1.165, 1.54) is 10.8 Å². The Hall–Kier alpha value is -1.87. The van der Waals surface area contributed by atoms with E-state index in [2.05, 4.69) is 29.6 Å². The number of unbranched alkanes of at least 4 members (excludes halogenated alkanes) is 1. The minimum Gasteiger partial charge on any atom is -0.396 e. The number of aliphatic hydroxyl groups excluding tert-OH is 1. The fourth-order valence-electron chi connectivity index (χ4n) is 2.42. The highest BCUT2D eigenvalue weighted by atomic mass is 16.2. The SMILES string of the molecule is CC(NC(=O)CCCCO)c1cccc2ccccc12. The standard InChI is InChI=1S/C17H21NO2/c1-13(18-17(20)11-4-5-12-19)15-10-6-8-14-7-2-3-9-16(14)15/h2-3,6-10,13,19H,4-5,11-12H2,1H3,(H,18,20). The smallest absolute Gasteiger partial charge is 0.220 e. The zero-order valence-electron chi connectivity index (χ0n) is 11.8. The largest absolute Gasteiger partial charge is 0.396 e. The summed E-state index contributed by atoms with van der Waals surface area (Å²) in [5.74, 6) is 0.0406. The van der Waals surface area contributed by atoms with E-state index in [1.807, 2.05) is 25.1 Å². The normalized spacial score (nSPS) is 12.3. The second-order valence-electron chi connectivity index (χ2n) is 5.04. The maximum Gasteiger partial charge on any atom is 0.220 e. The van der Waals surface area contributed by atoms with Crippen LogP contribution in [0, 0.1) is 0 Å². The predicted molar refractivity (Wildman–Crippen MR) is 81.4 cm³/mol. The first kappa shape index (κ1) is 14.5. The van der Waals surface area contributed by atoms with E-state index in [-0.39, 0.29) is 18.6 Å². The summed E-state index contributed by atoms with van der Waals surface area (Å²) in [6.07, 6.45) is 1.87. The van der Waals surface area contributed by atoms with Crippen molar-refractivity contribution in [3.8, 4) is 0 Å². The van der Waals surface area contributed by atoms with E-state index in [0.717, 1.165) is 12.0 Å². The number of carbonyl (C=O) groups excluding carboxylic acids is 1. The first-order chi connectivity index (χ1) is 9.72. The number of aliphatic hydroxyl groups is 1. The van der Waals surface area contributed by atoms with Gasteiger partial charge in [0.25, 0.3) is 0 Å². The van der Waals surface area contributed by atoms with Crippen LogP contribution in [0.1, 0.15) is 37.8 Å². The summed E-state index contributed by atoms with van der Waals surface area (Å²) in [6.45, 7) is 2.15. The molecule has 1 atom stereocenters. The molecule has 20 heavy (non-hydrogen) atoms. The van der Waals surface area contributed by atoms with E-state index < -0.39 is 0 Å². The van der Waals surface area contributed by atoms with Crippen LogP contribution >= 0.6 is 0 Å². The monoisotopic (exact) mass is 271 g/mol. The first-order valence-electron chi connectivity index (χ1n) is 7.10. The number of hydrogen-bond donors (Lipinski definition) is 2. The highest BCUT2D eigenvalue weighted by molar-refractivity contribution is 5.86. The summed E-state index contributed by atoms with van der Waals surface area (Å²) < 4.78 is 0. The van der Waals surface area contributed by atoms with Gasteiger partial charge >= 0.3 is 0 Å². The fraction of sp³-hybridized carbons (Fsp3) is 0.353. The lowest BCUT2D eigenvalue weighted by Crippen LogP contribution is -2.26. The van der Waals surface area contributed by atoms with Crippen molar-refractivity contribution < 1.29 is 9.90 Å². The molecule has 2 rings (SSSR count). The molecule has 3 heteroatoms. The van der Waals surface area contributed by atoms with Crippen molar-refractivity contribution in [2.24, 2.45) is 0 Å². The topological polar surface area (TPSA) is 49.3 Å². The van der Waals surface area contributed by atoms with Crippen molar-refractivity contribution in [1.82, 2.24) is 5.32 Å². The lowest BCUT2D eigenvalue weighted by Gasteiger charge is -2.16. The summed E-state index contributed by atoms with van der Waals surface area (Å²) in [7, 11) is 0. The average molecular weight is 271 g/mol. The van der Waals surface area contributed by atoms with Gasteiger partial charge in [-0.3, -0.25) is 4.79 Å². The molecule has 0 spiro atoms. The molecule has 2 N–H and O–H groups in total. The van der Waals surface area contributed by atoms with E-state index in [1.54, 1.807) is 0 Å². The van der Waals surface area contributed by atoms with E-state index >= 15 is 0 Å². The molecule has 2 aromatic carbocycles. The maximum absolute atomic E-state index is 11.8. The van der Waals surface area contributed by atoms with Crippen molar-refractivity contribution in [2.75, 3.05) is 6.61 Å². The quantitative estimate of drug-likeness (QED) is 0.793. The van der Waals surface area contributed by atoms with Gasteiger partial charge in [0.15, 0.2) is 0 Å². The van der Waals surface area contributed by atoms with Gasteiger partial charge < -0.3 is 10.4 Å². The zero-order chi connectivity index (χ0) is 14.4. The van der Waals surface area contributed by atoms with Crippen LogP contribution in [0.2, 0.25) is 0 Å². The molecule has 0 aliphatic carbocycles. The number of carbonyl (C=O) groups is 1. The molecule has 2 aromatic rings. The van der Waals surface area contributed by atoms with Gasteiger partial charge in [0.2, 0.25) is 5.91 Å². The van der Waals surface area contributed by atoms with Crippen LogP contribution in [0.15, 0.2) is 42.5 Å². The number of rotatable bonds is 6. The predicted octanol–water partition coefficient (Wildman–Crippen LogP) is 3.18. The number of fused-ring (bicyclic) bond motifs is 1. The molecule has 0 saturated heterocycles. The lowest BCUT2D eigenvalue weighted by atomic mass is 9.99. The van der Waals surface area contributed by atoms with E-state index in [4.69, 9.17) is 5.11 Å². The molecule has 0 radical (unpaired) electrons. The first-order valence-corrected chi connectivity index (χ1v) is 7.10. The van der Waals surface area contributed by atoms with E-state index in [9.17, 15) is 4.79 Å². The van der Waals surface area contributed by atoms with Crippen LogP contribution in [0.4, 0.5) is 0 Å². The summed E-state index contributed by atoms with van der Waals surface area (Å²) in [4.78, 5) is 11.8. The van der Waals surface area contributed by atoms with Crippen LogP contribution in [0.3, 0.4) is 0 Å². The van der Waals surface area contributed by atoms with Gasteiger partial charge in [0, 0.05) is 13.0 Å². The Bertz CT molecular complexity index is 575. The Kier molecular flexibility index (Phi) is 5.13. The molecule has 106 valence electrons. The molecule has 3 nitrogen and oxygen atoms in total. The van der Waals surface area contributed by atoms with Gasteiger partial charge in [-0.15, -0.1) is 0 Å². The molecule has 0 heterocycles. The Balaban J connectivity index is 2.07. The molecule has 0 aliphatic rings. The van der Waals surface area contributed by atoms with Gasteiger partial charge in [-0.25, -0.2) is 0 Å². The third-order valence-corrected chi connectivity index (χ3v) is 3.48. The third-order valence-electron chi connectivity index (χ3n) is 3.48. The fourth-order valence-corrected chi connectivity index (χ4v) is 2.42. The third kappa shape index (κ3) is 3.58. The molecule has 0 saturated carbocycles. The minimum absolute atomic E-state index is 0.0114. The average Bonchev–Trinajstić information content (AvgIpc) is 2.47. The molecule has 1 amide bonds. The van der Waals surface area contributed by atoms with Gasteiger partial charge in [-0.2, -0.15) is 0 Å². The lowest BCUT2D eigenvalue weighted by molar-refractivity contribution is -0.121. The Morgan fingerprint density at radius 1 is 1.15 bits per heavy atom. The van der Waals surface area contributed by atoms with E-state index in [0.29, 0.717) is 12.8 Å². The molecule has 0 aromatic heterocycles. The molecular formula is C17H21NO2. The molecule has 0 fully saturated rings. The van der Waals surface area contributed by atoms with Crippen molar-refractivity contribution in [1.29, 1.82) is 0 Å². The van der Waals surface area contributed by atoms with Gasteiger partial charge in [0.1, 0.15) is 0 Å². The number of amides is 1. The second-order valence-corrected chi connectivity index (χ2v) is 5.04. The summed E-state index contributed by atoms with van der Waals surface area (Å²) >= 11 is 0. The Labute approximate surface area is 119 Å².